The molecular formula is C33H28F2N4O8. The van der Waals surface area contributed by atoms with Crippen LogP contribution in [0.25, 0.3) is 16.6 Å². The predicted octanol–water partition coefficient (Wildman–Crippen LogP) is 5.43. The number of amides is 1. The summed E-state index contributed by atoms with van der Waals surface area (Å²) in [5, 5.41) is 2.92. The second-order valence-electron chi connectivity index (χ2n) is 10.5. The van der Waals surface area contributed by atoms with E-state index in [4.69, 9.17) is 23.7 Å². The van der Waals surface area contributed by atoms with Crippen LogP contribution in [0, 0.1) is 11.6 Å². The summed E-state index contributed by atoms with van der Waals surface area (Å²) >= 11 is 0. The lowest BCUT2D eigenvalue weighted by Gasteiger charge is -2.16. The number of anilines is 1. The molecule has 1 aliphatic rings. The minimum absolute atomic E-state index is 0.00243. The Kier molecular flexibility index (Phi) is 8.84. The molecule has 0 bridgehead atoms. The van der Waals surface area contributed by atoms with Crippen LogP contribution in [0.5, 0.6) is 28.7 Å². The van der Waals surface area contributed by atoms with Gasteiger partial charge in [0.1, 0.15) is 11.6 Å². The Bertz CT molecular complexity index is 2080. The number of pyridine rings is 1. The van der Waals surface area contributed by atoms with Crippen LogP contribution in [-0.4, -0.2) is 47.1 Å². The van der Waals surface area contributed by atoms with E-state index in [1.54, 1.807) is 18.2 Å². The van der Waals surface area contributed by atoms with Gasteiger partial charge in [-0.15, -0.1) is 0 Å². The molecule has 1 N–H and O–H groups in total. The first-order chi connectivity index (χ1) is 22.7. The van der Waals surface area contributed by atoms with Crippen LogP contribution in [-0.2, 0) is 11.3 Å². The van der Waals surface area contributed by atoms with E-state index < -0.39 is 34.7 Å². The maximum Gasteiger partial charge on any atom is 0.417 e. The highest BCUT2D eigenvalue weighted by molar-refractivity contribution is 5.88. The number of carbonyl (C=O) groups is 1. The van der Waals surface area contributed by atoms with Crippen molar-refractivity contribution < 1.29 is 37.3 Å². The number of aromatic nitrogens is 3. The molecule has 6 rings (SSSR count). The fraction of sp³-hybridized carbons (Fsp3) is 0.212. The second kappa shape index (κ2) is 13.3. The van der Waals surface area contributed by atoms with E-state index in [1.165, 1.54) is 49.2 Å². The monoisotopic (exact) mass is 646 g/mol. The Morgan fingerprint density at radius 3 is 2.43 bits per heavy atom. The maximum absolute atomic E-state index is 15.2. The average molecular weight is 647 g/mol. The van der Waals surface area contributed by atoms with Crippen molar-refractivity contribution >= 4 is 22.7 Å². The molecule has 14 heteroatoms. The minimum atomic E-state index is -1.12. The molecule has 0 radical (unpaired) electrons. The molecule has 1 fully saturated rings. The van der Waals surface area contributed by atoms with Gasteiger partial charge in [-0.05, 0) is 61.4 Å². The molecule has 242 valence electrons. The summed E-state index contributed by atoms with van der Waals surface area (Å²) in [6, 6.07) is 13.3. The normalized spacial score (nSPS) is 14.2. The van der Waals surface area contributed by atoms with Crippen LogP contribution in [0.2, 0.25) is 0 Å². The fourth-order valence-corrected chi connectivity index (χ4v) is 5.16. The van der Waals surface area contributed by atoms with Crippen LogP contribution < -0.4 is 35.5 Å². The van der Waals surface area contributed by atoms with Crippen LogP contribution in [0.3, 0.4) is 0 Å². The zero-order chi connectivity index (χ0) is 33.1. The number of carbonyl (C=O) groups excluding carboxylic acids is 1. The number of hydrogen-bond acceptors (Lipinski definition) is 9. The summed E-state index contributed by atoms with van der Waals surface area (Å²) in [7, 11) is 2.99. The SMILES string of the molecule is COc1cc2nccc(Oc3ccc(NC(=O)Oc4cn(CC5CCCO5)c(=O)n(-c5ccc(F)cc5)c4=O)cc3F)c2cc1OC. The topological polar surface area (TPSA) is 132 Å². The highest BCUT2D eigenvalue weighted by atomic mass is 19.1. The van der Waals surface area contributed by atoms with Gasteiger partial charge in [0.05, 0.1) is 44.3 Å². The number of rotatable bonds is 9. The van der Waals surface area contributed by atoms with Crippen LogP contribution in [0.15, 0.2) is 82.6 Å². The van der Waals surface area contributed by atoms with Gasteiger partial charge in [0.2, 0.25) is 5.75 Å². The highest BCUT2D eigenvalue weighted by Gasteiger charge is 2.22. The van der Waals surface area contributed by atoms with Gasteiger partial charge in [0.15, 0.2) is 23.1 Å². The Labute approximate surface area is 265 Å². The summed E-state index contributed by atoms with van der Waals surface area (Å²) in [6.45, 7) is 0.629. The molecule has 5 aromatic rings. The molecule has 0 saturated carbocycles. The van der Waals surface area contributed by atoms with Crippen molar-refractivity contribution in [1.82, 2.24) is 14.1 Å². The third kappa shape index (κ3) is 6.63. The summed E-state index contributed by atoms with van der Waals surface area (Å²) in [5.74, 6) is -0.803. The molecule has 1 saturated heterocycles. The van der Waals surface area contributed by atoms with E-state index >= 15 is 4.39 Å². The smallest absolute Gasteiger partial charge is 0.417 e. The van der Waals surface area contributed by atoms with Gasteiger partial charge in [0, 0.05) is 36.0 Å². The molecule has 2 aromatic heterocycles. The molecular weight excluding hydrogens is 618 g/mol. The molecule has 47 heavy (non-hydrogen) atoms. The average Bonchev–Trinajstić information content (AvgIpc) is 3.58. The largest absolute Gasteiger partial charge is 0.493 e. The molecule has 12 nitrogen and oxygen atoms in total. The highest BCUT2D eigenvalue weighted by Crippen LogP contribution is 2.37. The number of nitrogens with zero attached hydrogens (tertiary/aromatic N) is 3. The molecule has 1 aliphatic heterocycles. The number of halogens is 2. The molecule has 1 unspecified atom stereocenters. The van der Waals surface area contributed by atoms with E-state index in [9.17, 15) is 18.8 Å². The summed E-state index contributed by atoms with van der Waals surface area (Å²) in [5.41, 5.74) is -1.07. The lowest BCUT2D eigenvalue weighted by Crippen LogP contribution is -2.41. The maximum atomic E-state index is 15.2. The van der Waals surface area contributed by atoms with Gasteiger partial charge in [-0.2, -0.15) is 0 Å². The van der Waals surface area contributed by atoms with E-state index in [2.05, 4.69) is 10.3 Å². The number of ether oxygens (including phenoxy) is 5. The summed E-state index contributed by atoms with van der Waals surface area (Å²) in [4.78, 5) is 43.8. The summed E-state index contributed by atoms with van der Waals surface area (Å²) in [6.07, 6.45) is 2.72. The lowest BCUT2D eigenvalue weighted by atomic mass is 10.2. The van der Waals surface area contributed by atoms with Crippen molar-refractivity contribution in [3.05, 3.63) is 106 Å². The number of fused-ring (bicyclic) bond motifs is 1. The van der Waals surface area contributed by atoms with Gasteiger partial charge in [0.25, 0.3) is 0 Å². The van der Waals surface area contributed by atoms with Crippen molar-refractivity contribution in [3.8, 4) is 34.4 Å². The van der Waals surface area contributed by atoms with Gasteiger partial charge in [-0.25, -0.2) is 22.9 Å². The lowest BCUT2D eigenvalue weighted by molar-refractivity contribution is 0.0953. The van der Waals surface area contributed by atoms with Crippen molar-refractivity contribution in [2.24, 2.45) is 0 Å². The third-order valence-electron chi connectivity index (χ3n) is 7.44. The Morgan fingerprint density at radius 1 is 0.957 bits per heavy atom. The van der Waals surface area contributed by atoms with Gasteiger partial charge < -0.3 is 23.7 Å². The van der Waals surface area contributed by atoms with E-state index in [-0.39, 0.29) is 29.8 Å². The van der Waals surface area contributed by atoms with Crippen molar-refractivity contribution in [1.29, 1.82) is 0 Å². The van der Waals surface area contributed by atoms with Crippen molar-refractivity contribution in [2.75, 3.05) is 26.1 Å². The number of benzene rings is 3. The molecule has 3 heterocycles. The van der Waals surface area contributed by atoms with Gasteiger partial charge in [-0.1, -0.05) is 0 Å². The Morgan fingerprint density at radius 2 is 1.72 bits per heavy atom. The van der Waals surface area contributed by atoms with Crippen LogP contribution in [0.1, 0.15) is 12.8 Å². The number of hydrogen-bond donors (Lipinski definition) is 1. The zero-order valence-corrected chi connectivity index (χ0v) is 25.2. The Balaban J connectivity index is 1.23. The molecule has 0 spiro atoms. The quantitative estimate of drug-likeness (QED) is 0.223. The van der Waals surface area contributed by atoms with Crippen molar-refractivity contribution in [2.45, 2.75) is 25.5 Å². The first-order valence-electron chi connectivity index (χ1n) is 14.4. The number of nitrogens with one attached hydrogen (secondary N) is 1. The summed E-state index contributed by atoms with van der Waals surface area (Å²) < 4.78 is 58.2. The van der Waals surface area contributed by atoms with Crippen LogP contribution in [0.4, 0.5) is 19.3 Å². The first-order valence-corrected chi connectivity index (χ1v) is 14.4. The van der Waals surface area contributed by atoms with E-state index in [1.807, 2.05) is 0 Å². The fourth-order valence-electron chi connectivity index (χ4n) is 5.16. The molecule has 0 aliphatic carbocycles. The predicted molar refractivity (Wildman–Crippen MR) is 166 cm³/mol. The Hall–Kier alpha value is -5.76. The first kappa shape index (κ1) is 31.2. The standard InChI is InChI=1S/C33H28F2N4O8/c1-43-28-15-23-25(16-29(28)44-2)36-12-11-26(23)46-27-10-7-20(14-24(27)35)37-32(41)47-30-18-38(17-22-4-3-13-45-22)33(42)39(31(30)40)21-8-5-19(34)6-9-21/h5-12,14-16,18,22H,3-4,13,17H2,1-2H3,(H,37,41). The third-order valence-corrected chi connectivity index (χ3v) is 7.44. The van der Waals surface area contributed by atoms with E-state index in [0.717, 1.165) is 35.4 Å². The zero-order valence-electron chi connectivity index (χ0n) is 25.2. The molecule has 1 amide bonds. The van der Waals surface area contributed by atoms with E-state index in [0.29, 0.717) is 41.2 Å². The minimum Gasteiger partial charge on any atom is -0.493 e. The van der Waals surface area contributed by atoms with Gasteiger partial charge in [-0.3, -0.25) is 19.7 Å². The van der Waals surface area contributed by atoms with Crippen LogP contribution >= 0.6 is 0 Å². The van der Waals surface area contributed by atoms with Gasteiger partial charge >= 0.3 is 17.3 Å². The second-order valence-corrected chi connectivity index (χ2v) is 10.5. The number of methoxy groups -OCH3 is 2. The molecule has 3 aromatic carbocycles. The molecule has 1 atom stereocenters. The van der Waals surface area contributed by atoms with Crippen molar-refractivity contribution in [3.63, 3.8) is 0 Å².